The van der Waals surface area contributed by atoms with Crippen LogP contribution in [0.2, 0.25) is 0 Å². The van der Waals surface area contributed by atoms with Gasteiger partial charge in [0.15, 0.2) is 11.6 Å². The molecule has 1 aromatic heterocycles. The number of nitrogens with one attached hydrogen (secondary N) is 3. The van der Waals surface area contributed by atoms with Gasteiger partial charge in [-0.3, -0.25) is 9.59 Å². The fourth-order valence-electron chi connectivity index (χ4n) is 3.20. The fraction of sp³-hybridized carbons (Fsp3) is 0.263. The maximum absolute atomic E-state index is 14.2. The van der Waals surface area contributed by atoms with Gasteiger partial charge in [0.05, 0.1) is 11.3 Å². The Morgan fingerprint density at radius 1 is 1.27 bits per heavy atom. The molecule has 0 aliphatic carbocycles. The third kappa shape index (κ3) is 3.00. The van der Waals surface area contributed by atoms with E-state index in [-0.39, 0.29) is 22.7 Å². The Hall–Kier alpha value is -2.96. The van der Waals surface area contributed by atoms with E-state index in [0.717, 1.165) is 22.9 Å². The number of benzene rings is 1. The Bertz CT molecular complexity index is 945. The molecule has 0 saturated heterocycles. The summed E-state index contributed by atoms with van der Waals surface area (Å²) in [5.41, 5.74) is 3.61. The van der Waals surface area contributed by atoms with E-state index in [9.17, 15) is 18.4 Å². The third-order valence-electron chi connectivity index (χ3n) is 4.66. The lowest BCUT2D eigenvalue weighted by Gasteiger charge is -2.03. The highest BCUT2D eigenvalue weighted by Gasteiger charge is 2.29. The first-order chi connectivity index (χ1) is 12.3. The van der Waals surface area contributed by atoms with E-state index in [0.29, 0.717) is 18.5 Å². The molecular formula is C19H19F2N3O2. The molecule has 26 heavy (non-hydrogen) atoms. The summed E-state index contributed by atoms with van der Waals surface area (Å²) in [6, 6.07) is 2.33. The molecular weight excluding hydrogens is 340 g/mol. The number of hydrogen-bond acceptors (Lipinski definition) is 2. The molecule has 7 heteroatoms. The van der Waals surface area contributed by atoms with Crippen molar-refractivity contribution in [2.45, 2.75) is 26.7 Å². The average Bonchev–Trinajstić information content (AvgIpc) is 3.06. The first-order valence-electron chi connectivity index (χ1n) is 8.23. The van der Waals surface area contributed by atoms with E-state index in [4.69, 9.17) is 0 Å². The van der Waals surface area contributed by atoms with Crippen molar-refractivity contribution >= 4 is 29.2 Å². The zero-order valence-corrected chi connectivity index (χ0v) is 14.7. The van der Waals surface area contributed by atoms with Crippen LogP contribution in [0, 0.1) is 25.5 Å². The van der Waals surface area contributed by atoms with Gasteiger partial charge in [0.2, 0.25) is 5.91 Å². The molecule has 3 N–H and O–H groups in total. The molecule has 1 aromatic carbocycles. The maximum atomic E-state index is 14.2. The Labute approximate surface area is 149 Å². The average molecular weight is 359 g/mol. The van der Waals surface area contributed by atoms with E-state index in [1.165, 1.54) is 12.1 Å². The molecule has 0 atom stereocenters. The fourth-order valence-corrected chi connectivity index (χ4v) is 3.20. The smallest absolute Gasteiger partial charge is 0.256 e. The second kappa shape index (κ2) is 6.74. The Morgan fingerprint density at radius 3 is 2.69 bits per heavy atom. The quantitative estimate of drug-likeness (QED) is 0.734. The number of aryl methyl sites for hydroxylation is 1. The summed E-state index contributed by atoms with van der Waals surface area (Å²) < 4.78 is 27.8. The van der Waals surface area contributed by atoms with Crippen LogP contribution in [0.1, 0.15) is 34.5 Å². The molecule has 0 spiro atoms. The first kappa shape index (κ1) is 17.8. The molecule has 136 valence electrons. The lowest BCUT2D eigenvalue weighted by atomic mass is 10.0. The number of amides is 2. The maximum Gasteiger partial charge on any atom is 0.256 e. The van der Waals surface area contributed by atoms with Crippen molar-refractivity contribution in [2.24, 2.45) is 0 Å². The molecule has 3 rings (SSSR count). The van der Waals surface area contributed by atoms with Gasteiger partial charge in [-0.15, -0.1) is 0 Å². The van der Waals surface area contributed by atoms with Crippen LogP contribution in [0.4, 0.5) is 14.5 Å². The number of H-pyrrole nitrogens is 1. The normalized spacial score (nSPS) is 14.5. The second-order valence-electron chi connectivity index (χ2n) is 6.24. The number of rotatable bonds is 4. The number of anilines is 1. The van der Waals surface area contributed by atoms with Gasteiger partial charge in [0.25, 0.3) is 5.91 Å². The molecule has 2 aromatic rings. The number of fused-ring (bicyclic) bond motifs is 1. The minimum Gasteiger partial charge on any atom is -0.359 e. The summed E-state index contributed by atoms with van der Waals surface area (Å²) in [5, 5.41) is 5.12. The predicted octanol–water partition coefficient (Wildman–Crippen LogP) is 3.08. The minimum absolute atomic E-state index is 0.0615. The standard InChI is InChI=1S/C19H19F2N3O2/c1-9-11(4-7-16(25)22-3)10(2)23-15(9)8-12-17-14(24-19(12)26)6-5-13(20)18(17)21/h5-6,8,23H,4,7H2,1-3H3,(H,22,25)(H,24,26)/b12-8-. The van der Waals surface area contributed by atoms with Crippen molar-refractivity contribution in [1.29, 1.82) is 0 Å². The molecule has 0 bridgehead atoms. The van der Waals surface area contributed by atoms with Gasteiger partial charge in [0, 0.05) is 30.4 Å². The van der Waals surface area contributed by atoms with Crippen molar-refractivity contribution < 1.29 is 18.4 Å². The number of aromatic nitrogens is 1. The van der Waals surface area contributed by atoms with Gasteiger partial charge >= 0.3 is 0 Å². The highest BCUT2D eigenvalue weighted by molar-refractivity contribution is 6.35. The van der Waals surface area contributed by atoms with Gasteiger partial charge in [-0.25, -0.2) is 8.78 Å². The van der Waals surface area contributed by atoms with Crippen molar-refractivity contribution in [3.63, 3.8) is 0 Å². The van der Waals surface area contributed by atoms with Gasteiger partial charge < -0.3 is 15.6 Å². The molecule has 0 unspecified atom stereocenters. The Balaban J connectivity index is 2.01. The summed E-state index contributed by atoms with van der Waals surface area (Å²) in [7, 11) is 1.58. The van der Waals surface area contributed by atoms with Crippen LogP contribution >= 0.6 is 0 Å². The van der Waals surface area contributed by atoms with Gasteiger partial charge in [0.1, 0.15) is 0 Å². The number of aromatic amines is 1. The van der Waals surface area contributed by atoms with Crippen molar-refractivity contribution in [1.82, 2.24) is 10.3 Å². The van der Waals surface area contributed by atoms with Crippen molar-refractivity contribution in [2.75, 3.05) is 12.4 Å². The molecule has 2 amide bonds. The van der Waals surface area contributed by atoms with Gasteiger partial charge in [-0.05, 0) is 49.6 Å². The first-order valence-corrected chi connectivity index (χ1v) is 8.23. The van der Waals surface area contributed by atoms with Gasteiger partial charge in [-0.2, -0.15) is 0 Å². The summed E-state index contributed by atoms with van der Waals surface area (Å²) in [5.74, 6) is -2.60. The Morgan fingerprint density at radius 2 is 2.00 bits per heavy atom. The van der Waals surface area contributed by atoms with Crippen LogP contribution < -0.4 is 10.6 Å². The predicted molar refractivity (Wildman–Crippen MR) is 95.5 cm³/mol. The van der Waals surface area contributed by atoms with Crippen LogP contribution in [0.25, 0.3) is 11.6 Å². The molecule has 1 aliphatic rings. The molecule has 5 nitrogen and oxygen atoms in total. The van der Waals surface area contributed by atoms with Crippen molar-refractivity contribution in [3.8, 4) is 0 Å². The van der Waals surface area contributed by atoms with E-state index in [1.54, 1.807) is 7.05 Å². The number of carbonyl (C=O) groups excluding carboxylic acids is 2. The summed E-state index contributed by atoms with van der Waals surface area (Å²) in [6.45, 7) is 3.74. The van der Waals surface area contributed by atoms with E-state index in [2.05, 4.69) is 15.6 Å². The molecule has 2 heterocycles. The lowest BCUT2D eigenvalue weighted by Crippen LogP contribution is -2.18. The number of carbonyl (C=O) groups is 2. The van der Waals surface area contributed by atoms with Gasteiger partial charge in [-0.1, -0.05) is 0 Å². The monoisotopic (exact) mass is 359 g/mol. The van der Waals surface area contributed by atoms with Crippen molar-refractivity contribution in [3.05, 3.63) is 51.8 Å². The topological polar surface area (TPSA) is 74.0 Å². The largest absolute Gasteiger partial charge is 0.359 e. The second-order valence-corrected chi connectivity index (χ2v) is 6.24. The summed E-state index contributed by atoms with van der Waals surface area (Å²) in [6.07, 6.45) is 2.41. The van der Waals surface area contributed by atoms with Crippen LogP contribution in [0.3, 0.4) is 0 Å². The lowest BCUT2D eigenvalue weighted by molar-refractivity contribution is -0.120. The Kier molecular flexibility index (Phi) is 4.63. The van der Waals surface area contributed by atoms with Crippen LogP contribution in [-0.2, 0) is 16.0 Å². The highest BCUT2D eigenvalue weighted by Crippen LogP contribution is 2.36. The minimum atomic E-state index is -1.05. The zero-order valence-electron chi connectivity index (χ0n) is 14.7. The molecule has 0 radical (unpaired) electrons. The number of hydrogen-bond donors (Lipinski definition) is 3. The molecule has 0 fully saturated rings. The number of halogens is 2. The van der Waals surface area contributed by atoms with E-state index < -0.39 is 17.5 Å². The highest BCUT2D eigenvalue weighted by atomic mass is 19.2. The van der Waals surface area contributed by atoms with Crippen LogP contribution in [-0.4, -0.2) is 23.8 Å². The third-order valence-corrected chi connectivity index (χ3v) is 4.66. The molecule has 0 saturated carbocycles. The molecule has 1 aliphatic heterocycles. The van der Waals surface area contributed by atoms with Crippen LogP contribution in [0.15, 0.2) is 12.1 Å². The summed E-state index contributed by atoms with van der Waals surface area (Å²) in [4.78, 5) is 26.9. The van der Waals surface area contributed by atoms with Crippen LogP contribution in [0.5, 0.6) is 0 Å². The zero-order chi connectivity index (χ0) is 19.0. The van der Waals surface area contributed by atoms with E-state index >= 15 is 0 Å². The SMILES string of the molecule is CNC(=O)CCc1c(C)[nH]c(/C=C2\C(=O)Nc3ccc(F)c(F)c32)c1C. The van der Waals surface area contributed by atoms with E-state index in [1.807, 2.05) is 13.8 Å². The summed E-state index contributed by atoms with van der Waals surface area (Å²) >= 11 is 0.